The van der Waals surface area contributed by atoms with E-state index in [0.29, 0.717) is 50.0 Å². The SMILES string of the molecule is O=c1cc(-c2nn(C(Nc3ccc(NC(c4ccc([N+](=O)[O-])cc4)n4nc(-c5cc6ccccc6oc5=O)oc4=S)cc3)c3ccc([N+](=O)[O-])cc3)c(=S)o2)c2ccccc2o1. The zero-order chi connectivity index (χ0) is 43.1. The molecule has 62 heavy (non-hydrogen) atoms. The van der Waals surface area contributed by atoms with Gasteiger partial charge in [0.1, 0.15) is 16.7 Å². The van der Waals surface area contributed by atoms with Crippen LogP contribution in [0.1, 0.15) is 23.5 Å². The van der Waals surface area contributed by atoms with E-state index in [9.17, 15) is 29.8 Å². The van der Waals surface area contributed by atoms with Crippen LogP contribution in [0.4, 0.5) is 22.7 Å². The van der Waals surface area contributed by atoms with Crippen molar-refractivity contribution >= 4 is 69.1 Å². The first-order valence-electron chi connectivity index (χ1n) is 18.4. The summed E-state index contributed by atoms with van der Waals surface area (Å²) in [4.78, 5) is 47.3. The third-order valence-electron chi connectivity index (χ3n) is 9.71. The first-order chi connectivity index (χ1) is 30.0. The Morgan fingerprint density at radius 1 is 0.565 bits per heavy atom. The largest absolute Gasteiger partial charge is 0.423 e. The Kier molecular flexibility index (Phi) is 10.1. The number of nitro groups is 2. The molecule has 0 saturated carbocycles. The van der Waals surface area contributed by atoms with Gasteiger partial charge in [-0.2, -0.15) is 9.36 Å². The van der Waals surface area contributed by atoms with Gasteiger partial charge in [0.2, 0.25) is 5.89 Å². The molecule has 2 atom stereocenters. The smallest absolute Gasteiger partial charge is 0.349 e. The van der Waals surface area contributed by atoms with Crippen molar-refractivity contribution in [3.05, 3.63) is 195 Å². The predicted molar refractivity (Wildman–Crippen MR) is 230 cm³/mol. The van der Waals surface area contributed by atoms with Crippen LogP contribution in [0.3, 0.4) is 0 Å². The molecule has 0 aliphatic carbocycles. The number of hydrogen-bond donors (Lipinski definition) is 2. The van der Waals surface area contributed by atoms with Crippen molar-refractivity contribution in [1.29, 1.82) is 0 Å². The van der Waals surface area contributed by atoms with E-state index in [4.69, 9.17) is 42.1 Å². The van der Waals surface area contributed by atoms with Gasteiger partial charge in [0.15, 0.2) is 12.3 Å². The normalized spacial score (nSPS) is 12.3. The van der Waals surface area contributed by atoms with Gasteiger partial charge in [-0.05, 0) is 102 Å². The van der Waals surface area contributed by atoms with E-state index in [1.165, 1.54) is 39.7 Å². The van der Waals surface area contributed by atoms with Crippen LogP contribution >= 0.6 is 24.4 Å². The van der Waals surface area contributed by atoms with Crippen LogP contribution in [0.15, 0.2) is 161 Å². The van der Waals surface area contributed by atoms with Crippen molar-refractivity contribution in [3.63, 3.8) is 0 Å². The minimum absolute atomic E-state index is 0.0381. The average molecular weight is 867 g/mol. The third kappa shape index (κ3) is 7.64. The highest BCUT2D eigenvalue weighted by molar-refractivity contribution is 7.71. The number of rotatable bonds is 12. The highest BCUT2D eigenvalue weighted by atomic mass is 32.1. The fourth-order valence-electron chi connectivity index (χ4n) is 6.73. The Morgan fingerprint density at radius 3 is 1.58 bits per heavy atom. The van der Waals surface area contributed by atoms with E-state index < -0.39 is 33.4 Å². The summed E-state index contributed by atoms with van der Waals surface area (Å²) in [5.41, 5.74) is 1.65. The molecule has 9 rings (SSSR count). The molecule has 0 bridgehead atoms. The Balaban J connectivity index is 1.06. The number of nitro benzene ring substituents is 2. The summed E-state index contributed by atoms with van der Waals surface area (Å²) in [6, 6.07) is 35.2. The number of non-ortho nitro benzene ring substituents is 2. The van der Waals surface area contributed by atoms with Crippen molar-refractivity contribution in [3.8, 4) is 22.9 Å². The molecule has 20 heteroatoms. The number of anilines is 2. The Hall–Kier alpha value is -8.36. The van der Waals surface area contributed by atoms with E-state index >= 15 is 0 Å². The monoisotopic (exact) mass is 866 g/mol. The molecular weight excluding hydrogens is 841 g/mol. The van der Waals surface area contributed by atoms with Crippen molar-refractivity contribution < 1.29 is 27.5 Å². The van der Waals surface area contributed by atoms with E-state index in [-0.39, 0.29) is 38.4 Å². The second-order valence-electron chi connectivity index (χ2n) is 13.6. The molecule has 4 heterocycles. The molecule has 0 fully saturated rings. The Bertz CT molecular complexity index is 3430. The van der Waals surface area contributed by atoms with E-state index in [0.717, 1.165) is 0 Å². The third-order valence-corrected chi connectivity index (χ3v) is 10.3. The van der Waals surface area contributed by atoms with Crippen LogP contribution < -0.4 is 21.9 Å². The van der Waals surface area contributed by atoms with Crippen LogP contribution in [-0.2, 0) is 0 Å². The maximum Gasteiger partial charge on any atom is 0.349 e. The molecule has 0 spiro atoms. The number of nitrogens with zero attached hydrogens (tertiary/aromatic N) is 6. The van der Waals surface area contributed by atoms with E-state index in [1.807, 2.05) is 0 Å². The zero-order valence-corrected chi connectivity index (χ0v) is 33.1. The van der Waals surface area contributed by atoms with Crippen LogP contribution in [0.2, 0.25) is 0 Å². The second-order valence-corrected chi connectivity index (χ2v) is 14.3. The van der Waals surface area contributed by atoms with Gasteiger partial charge in [0.05, 0.1) is 15.4 Å². The van der Waals surface area contributed by atoms with Gasteiger partial charge in [0, 0.05) is 52.5 Å². The molecule has 0 aliphatic rings. The summed E-state index contributed by atoms with van der Waals surface area (Å²) in [5, 5.41) is 40.1. The molecule has 0 amide bonds. The first-order valence-corrected chi connectivity index (χ1v) is 19.2. The lowest BCUT2D eigenvalue weighted by atomic mass is 10.1. The second kappa shape index (κ2) is 16.0. The highest BCUT2D eigenvalue weighted by Crippen LogP contribution is 2.32. The molecule has 2 unspecified atom stereocenters. The Labute approximate surface area is 356 Å². The van der Waals surface area contributed by atoms with Gasteiger partial charge in [0.25, 0.3) is 26.9 Å². The van der Waals surface area contributed by atoms with E-state index in [2.05, 4.69) is 20.8 Å². The number of benzene rings is 5. The number of hydrogen-bond acceptors (Lipinski definition) is 16. The molecule has 2 N–H and O–H groups in total. The standard InChI is InChI=1S/C42H26N8O10S2/c51-35-22-31(30-6-2-4-8-34(30)57-35)38-45-47(41(61)59-38)36(23-9-17-28(18-10-23)49(53)54)43-26-13-15-27(16-14-26)44-37(24-11-19-29(20-12-24)50(55)56)48-42(62)60-39(46-48)32-21-25-5-1-3-7-33(25)58-40(32)52/h1-22,36-37,43-44H. The van der Waals surface area contributed by atoms with Crippen LogP contribution in [0.25, 0.3) is 44.8 Å². The summed E-state index contributed by atoms with van der Waals surface area (Å²) < 4.78 is 25.3. The van der Waals surface area contributed by atoms with Gasteiger partial charge in [-0.25, -0.2) is 9.59 Å². The minimum Gasteiger partial charge on any atom is -0.423 e. The number of fused-ring (bicyclic) bond motifs is 2. The summed E-state index contributed by atoms with van der Waals surface area (Å²) >= 11 is 11.2. The van der Waals surface area contributed by atoms with Gasteiger partial charge in [-0.15, -0.1) is 10.2 Å². The molecule has 4 aromatic heterocycles. The van der Waals surface area contributed by atoms with Crippen LogP contribution in [0.5, 0.6) is 0 Å². The van der Waals surface area contributed by atoms with Crippen LogP contribution in [0, 0.1) is 29.9 Å². The lowest BCUT2D eigenvalue weighted by molar-refractivity contribution is -0.385. The summed E-state index contributed by atoms with van der Waals surface area (Å²) in [5.74, 6) is -0.0562. The fourth-order valence-corrected chi connectivity index (χ4v) is 7.18. The van der Waals surface area contributed by atoms with Crippen molar-refractivity contribution in [2.24, 2.45) is 0 Å². The summed E-state index contributed by atoms with van der Waals surface area (Å²) in [6.07, 6.45) is -1.78. The minimum atomic E-state index is -0.900. The maximum absolute atomic E-state index is 13.0. The van der Waals surface area contributed by atoms with Crippen LogP contribution in [-0.4, -0.2) is 29.4 Å². The average Bonchev–Trinajstić information content (AvgIpc) is 3.86. The predicted octanol–water partition coefficient (Wildman–Crippen LogP) is 9.41. The van der Waals surface area contributed by atoms with E-state index in [1.54, 1.807) is 103 Å². The summed E-state index contributed by atoms with van der Waals surface area (Å²) in [6.45, 7) is 0. The molecule has 18 nitrogen and oxygen atoms in total. The first kappa shape index (κ1) is 39.1. The maximum atomic E-state index is 13.0. The molecule has 306 valence electrons. The van der Waals surface area contributed by atoms with Gasteiger partial charge in [-0.3, -0.25) is 20.2 Å². The lowest BCUT2D eigenvalue weighted by Crippen LogP contribution is -2.22. The number of nitrogens with one attached hydrogen (secondary N) is 2. The van der Waals surface area contributed by atoms with Gasteiger partial charge >= 0.3 is 11.3 Å². The molecule has 9 aromatic rings. The number of aromatic nitrogens is 4. The summed E-state index contributed by atoms with van der Waals surface area (Å²) in [7, 11) is 0. The molecule has 5 aromatic carbocycles. The molecular formula is C42H26N8O10S2. The van der Waals surface area contributed by atoms with Crippen molar-refractivity contribution in [2.45, 2.75) is 12.3 Å². The topological polar surface area (TPSA) is 233 Å². The van der Waals surface area contributed by atoms with Gasteiger partial charge in [-0.1, -0.05) is 36.4 Å². The quantitative estimate of drug-likeness (QED) is 0.0504. The van der Waals surface area contributed by atoms with Crippen molar-refractivity contribution in [2.75, 3.05) is 10.6 Å². The van der Waals surface area contributed by atoms with Crippen molar-refractivity contribution in [1.82, 2.24) is 19.6 Å². The fraction of sp³-hybridized carbons (Fsp3) is 0.0476. The zero-order valence-electron chi connectivity index (χ0n) is 31.4. The number of para-hydroxylation sites is 2. The Morgan fingerprint density at radius 2 is 1.05 bits per heavy atom. The molecule has 0 saturated heterocycles. The molecule has 0 radical (unpaired) electrons. The lowest BCUT2D eigenvalue weighted by Gasteiger charge is -2.22. The van der Waals surface area contributed by atoms with Gasteiger partial charge < -0.3 is 28.3 Å². The highest BCUT2D eigenvalue weighted by Gasteiger charge is 2.25. The molecule has 0 aliphatic heterocycles.